The molecule has 0 atom stereocenters. The lowest BCUT2D eigenvalue weighted by atomic mass is 10.1. The third kappa shape index (κ3) is 6.95. The Hall–Kier alpha value is -3.66. The lowest BCUT2D eigenvalue weighted by Crippen LogP contribution is -2.12. The molecule has 0 unspecified atom stereocenters. The van der Waals surface area contributed by atoms with Crippen LogP contribution in [0.25, 0.3) is 0 Å². The minimum Gasteiger partial charge on any atom is -0.339 e. The Morgan fingerprint density at radius 2 is 1.56 bits per heavy atom. The van der Waals surface area contributed by atoms with Crippen LogP contribution in [0.15, 0.2) is 54.7 Å². The molecule has 1 aromatic heterocycles. The molecule has 7 nitrogen and oxygen atoms in total. The fourth-order valence-electron chi connectivity index (χ4n) is 2.74. The van der Waals surface area contributed by atoms with Crippen molar-refractivity contribution in [1.82, 2.24) is 9.97 Å². The number of anilines is 5. The molecule has 32 heavy (non-hydrogen) atoms. The monoisotopic (exact) mass is 463 g/mol. The average Bonchev–Trinajstić information content (AvgIpc) is 2.75. The highest BCUT2D eigenvalue weighted by Crippen LogP contribution is 2.26. The van der Waals surface area contributed by atoms with Gasteiger partial charge in [-0.25, -0.2) is 4.98 Å². The van der Waals surface area contributed by atoms with Crippen LogP contribution < -0.4 is 16.0 Å². The van der Waals surface area contributed by atoms with Crippen LogP contribution in [-0.2, 0) is 16.0 Å². The number of carbonyl (C=O) groups is 2. The number of amides is 1. The standard InChI is InChI=1S/C19H16ClN5O.C2HF3O/c20-16-11-21-19-24-15-6-2-5-14(10-15)22-17(26)8-7-12-3-1-4-13(9-12)23-18(16)25-19;3-2(4,5)1-6/h1-6,9-11H,7-8H2,(H,22,26)(H2,21,23,24,25);1H. The highest BCUT2D eigenvalue weighted by atomic mass is 35.5. The Balaban J connectivity index is 0.000000427. The third-order valence-electron chi connectivity index (χ3n) is 4.11. The summed E-state index contributed by atoms with van der Waals surface area (Å²) in [4.78, 5) is 29.6. The number of aromatic nitrogens is 2. The largest absolute Gasteiger partial charge is 0.446 e. The fourth-order valence-corrected chi connectivity index (χ4v) is 2.88. The number of benzene rings is 2. The summed E-state index contributed by atoms with van der Waals surface area (Å²) in [6.45, 7) is 0. The number of nitrogens with zero attached hydrogens (tertiary/aromatic N) is 2. The van der Waals surface area contributed by atoms with E-state index in [2.05, 4.69) is 25.9 Å². The quantitative estimate of drug-likeness (QED) is 0.394. The summed E-state index contributed by atoms with van der Waals surface area (Å²) in [7, 11) is 0. The van der Waals surface area contributed by atoms with E-state index in [1.807, 2.05) is 48.5 Å². The summed E-state index contributed by atoms with van der Waals surface area (Å²) in [6, 6.07) is 15.3. The molecule has 6 bridgehead atoms. The molecule has 2 heterocycles. The van der Waals surface area contributed by atoms with Crippen molar-refractivity contribution >= 4 is 52.6 Å². The van der Waals surface area contributed by atoms with Crippen LogP contribution in [0, 0.1) is 0 Å². The number of hydrogen-bond donors (Lipinski definition) is 3. The van der Waals surface area contributed by atoms with Gasteiger partial charge in [-0.05, 0) is 42.3 Å². The molecule has 0 saturated heterocycles. The first kappa shape index (κ1) is 23.0. The molecule has 0 aliphatic carbocycles. The number of rotatable bonds is 0. The van der Waals surface area contributed by atoms with Crippen molar-refractivity contribution in [2.75, 3.05) is 16.0 Å². The van der Waals surface area contributed by atoms with Gasteiger partial charge in [0.05, 0.1) is 6.20 Å². The van der Waals surface area contributed by atoms with E-state index in [1.165, 1.54) is 0 Å². The van der Waals surface area contributed by atoms with E-state index in [-0.39, 0.29) is 5.91 Å². The van der Waals surface area contributed by atoms with Gasteiger partial charge in [-0.3, -0.25) is 9.59 Å². The zero-order valence-electron chi connectivity index (χ0n) is 16.4. The fraction of sp³-hybridized carbons (Fsp3) is 0.143. The first-order valence-electron chi connectivity index (χ1n) is 9.30. The molecule has 1 amide bonds. The number of halogens is 4. The molecule has 0 radical (unpaired) electrons. The number of alkyl halides is 3. The predicted octanol–water partition coefficient (Wildman–Crippen LogP) is 5.25. The summed E-state index contributed by atoms with van der Waals surface area (Å²) in [5, 5.41) is 9.69. The van der Waals surface area contributed by atoms with E-state index in [0.29, 0.717) is 29.6 Å². The van der Waals surface area contributed by atoms with Crippen molar-refractivity contribution in [1.29, 1.82) is 0 Å². The Labute approximate surface area is 186 Å². The molecule has 0 spiro atoms. The zero-order valence-corrected chi connectivity index (χ0v) is 17.2. The van der Waals surface area contributed by atoms with Crippen LogP contribution in [0.2, 0.25) is 5.02 Å². The SMILES string of the molecule is O=C1CCc2cccc(c2)Nc2nc(ncc2Cl)Nc2cccc(c2)N1.O=CC(F)(F)F. The number of aldehydes is 1. The average molecular weight is 464 g/mol. The zero-order chi connectivity index (χ0) is 23.1. The first-order chi connectivity index (χ1) is 15.2. The van der Waals surface area contributed by atoms with Gasteiger partial charge >= 0.3 is 6.18 Å². The topological polar surface area (TPSA) is 96.0 Å². The summed E-state index contributed by atoms with van der Waals surface area (Å²) in [6.07, 6.45) is -3.11. The van der Waals surface area contributed by atoms with Gasteiger partial charge in [0.25, 0.3) is 0 Å². The molecule has 2 aromatic carbocycles. The first-order valence-corrected chi connectivity index (χ1v) is 9.68. The van der Waals surface area contributed by atoms with E-state index in [1.54, 1.807) is 6.20 Å². The van der Waals surface area contributed by atoms with E-state index in [0.717, 1.165) is 22.6 Å². The van der Waals surface area contributed by atoms with Gasteiger partial charge < -0.3 is 16.0 Å². The van der Waals surface area contributed by atoms with Crippen LogP contribution in [0.5, 0.6) is 0 Å². The Morgan fingerprint density at radius 3 is 2.25 bits per heavy atom. The van der Waals surface area contributed by atoms with Gasteiger partial charge in [0.2, 0.25) is 18.1 Å². The number of fused-ring (bicyclic) bond motifs is 6. The van der Waals surface area contributed by atoms with Crippen molar-refractivity contribution in [2.45, 2.75) is 19.0 Å². The summed E-state index contributed by atoms with van der Waals surface area (Å²) < 4.78 is 31.2. The maximum atomic E-state index is 12.2. The maximum absolute atomic E-state index is 12.2. The van der Waals surface area contributed by atoms with Crippen LogP contribution in [0.3, 0.4) is 0 Å². The highest BCUT2D eigenvalue weighted by Gasteiger charge is 2.24. The second kappa shape index (κ2) is 10.1. The summed E-state index contributed by atoms with van der Waals surface area (Å²) >= 11 is 6.23. The van der Waals surface area contributed by atoms with Crippen LogP contribution in [-0.4, -0.2) is 28.3 Å². The summed E-state index contributed by atoms with van der Waals surface area (Å²) in [5.41, 5.74) is 3.39. The van der Waals surface area contributed by atoms with Crippen LogP contribution in [0.4, 0.5) is 42.0 Å². The molecule has 1 aliphatic rings. The molecule has 0 fully saturated rings. The van der Waals surface area contributed by atoms with Gasteiger partial charge in [0, 0.05) is 23.5 Å². The highest BCUT2D eigenvalue weighted by molar-refractivity contribution is 6.32. The lowest BCUT2D eigenvalue weighted by molar-refractivity contribution is -0.156. The molecule has 166 valence electrons. The van der Waals surface area contributed by atoms with Gasteiger partial charge in [-0.15, -0.1) is 0 Å². The molecule has 3 aromatic rings. The maximum Gasteiger partial charge on any atom is 0.446 e. The molecule has 11 heteroatoms. The van der Waals surface area contributed by atoms with Crippen molar-refractivity contribution in [2.24, 2.45) is 0 Å². The third-order valence-corrected chi connectivity index (χ3v) is 4.39. The van der Waals surface area contributed by atoms with Crippen molar-refractivity contribution in [3.63, 3.8) is 0 Å². The molecule has 3 N–H and O–H groups in total. The minimum absolute atomic E-state index is 0.0322. The lowest BCUT2D eigenvalue weighted by Gasteiger charge is -2.11. The van der Waals surface area contributed by atoms with Gasteiger partial charge in [0.15, 0.2) is 5.82 Å². The van der Waals surface area contributed by atoms with E-state index < -0.39 is 12.5 Å². The van der Waals surface area contributed by atoms with Gasteiger partial charge in [-0.1, -0.05) is 29.8 Å². The number of hydrogen-bond acceptors (Lipinski definition) is 6. The molecule has 4 rings (SSSR count). The van der Waals surface area contributed by atoms with Crippen molar-refractivity contribution < 1.29 is 22.8 Å². The Bertz CT molecular complexity index is 1120. The smallest absolute Gasteiger partial charge is 0.339 e. The second-order valence-electron chi connectivity index (χ2n) is 6.63. The predicted molar refractivity (Wildman–Crippen MR) is 116 cm³/mol. The summed E-state index contributed by atoms with van der Waals surface area (Å²) in [5.74, 6) is 0.892. The molecule has 1 aliphatic heterocycles. The second-order valence-corrected chi connectivity index (χ2v) is 7.04. The molecular weight excluding hydrogens is 447 g/mol. The Kier molecular flexibility index (Phi) is 7.26. The molecule has 0 saturated carbocycles. The number of carbonyl (C=O) groups excluding carboxylic acids is 2. The number of aryl methyl sites for hydroxylation is 1. The van der Waals surface area contributed by atoms with Crippen molar-refractivity contribution in [3.05, 3.63) is 65.3 Å². The van der Waals surface area contributed by atoms with Crippen LogP contribution in [0.1, 0.15) is 12.0 Å². The van der Waals surface area contributed by atoms with E-state index in [9.17, 15) is 18.0 Å². The van der Waals surface area contributed by atoms with E-state index >= 15 is 0 Å². The van der Waals surface area contributed by atoms with E-state index in [4.69, 9.17) is 16.4 Å². The van der Waals surface area contributed by atoms with Gasteiger partial charge in [0.1, 0.15) is 5.02 Å². The normalized spacial score (nSPS) is 13.1. The van der Waals surface area contributed by atoms with Crippen molar-refractivity contribution in [3.8, 4) is 0 Å². The number of nitrogens with one attached hydrogen (secondary N) is 3. The minimum atomic E-state index is -4.64. The van der Waals surface area contributed by atoms with Gasteiger partial charge in [-0.2, -0.15) is 18.2 Å². The Morgan fingerprint density at radius 1 is 0.938 bits per heavy atom. The van der Waals surface area contributed by atoms with Crippen LogP contribution >= 0.6 is 11.6 Å². The molecular formula is C21H17ClF3N5O2.